The summed E-state index contributed by atoms with van der Waals surface area (Å²) >= 11 is 0. The predicted molar refractivity (Wildman–Crippen MR) is 99.5 cm³/mol. The number of allylic oxidation sites excluding steroid dienone is 1. The minimum absolute atomic E-state index is 0.130. The van der Waals surface area contributed by atoms with Crippen LogP contribution in [0.15, 0.2) is 12.2 Å². The van der Waals surface area contributed by atoms with Crippen LogP contribution in [0.1, 0.15) is 65.7 Å². The van der Waals surface area contributed by atoms with Crippen molar-refractivity contribution in [3.63, 3.8) is 0 Å². The molecular formula is C22H34O4. The first-order chi connectivity index (χ1) is 12.4. The third kappa shape index (κ3) is 2.41. The summed E-state index contributed by atoms with van der Waals surface area (Å²) in [5.41, 5.74) is -0.722. The number of rotatable bonds is 4. The van der Waals surface area contributed by atoms with Crippen molar-refractivity contribution >= 4 is 5.78 Å². The summed E-state index contributed by atoms with van der Waals surface area (Å²) in [6.07, 6.45) is 10.9. The van der Waals surface area contributed by atoms with Gasteiger partial charge in [-0.3, -0.25) is 4.79 Å². The zero-order valence-electron chi connectivity index (χ0n) is 16.5. The first-order valence-electron chi connectivity index (χ1n) is 10.5. The smallest absolute Gasteiger partial charge is 0.164 e. The molecule has 4 aliphatic carbocycles. The number of hydrogen-bond acceptors (Lipinski definition) is 4. The molecule has 0 amide bonds. The summed E-state index contributed by atoms with van der Waals surface area (Å²) in [7, 11) is 0. The van der Waals surface area contributed by atoms with Crippen molar-refractivity contribution in [2.24, 2.45) is 28.6 Å². The van der Waals surface area contributed by atoms with E-state index in [0.717, 1.165) is 44.9 Å². The average Bonchev–Trinajstić information content (AvgIpc) is 2.88. The molecule has 0 aromatic heterocycles. The number of aliphatic hydroxyl groups is 1. The zero-order valence-corrected chi connectivity index (χ0v) is 16.5. The predicted octanol–water partition coefficient (Wildman–Crippen LogP) is 3.87. The molecule has 4 rings (SSSR count). The van der Waals surface area contributed by atoms with Gasteiger partial charge in [-0.25, -0.2) is 0 Å². The lowest BCUT2D eigenvalue weighted by Gasteiger charge is -2.63. The van der Waals surface area contributed by atoms with Crippen molar-refractivity contribution in [3.05, 3.63) is 12.2 Å². The Labute approximate surface area is 157 Å². The van der Waals surface area contributed by atoms with Crippen molar-refractivity contribution in [2.75, 3.05) is 13.4 Å². The molecule has 0 spiro atoms. The molecule has 2 unspecified atom stereocenters. The summed E-state index contributed by atoms with van der Waals surface area (Å²) in [6.45, 7) is 7.40. The van der Waals surface area contributed by atoms with Crippen molar-refractivity contribution < 1.29 is 19.4 Å². The Bertz CT molecular complexity index is 601. The number of carbonyl (C=O) groups is 1. The lowest BCUT2D eigenvalue weighted by Crippen LogP contribution is -2.63. The fourth-order valence-corrected chi connectivity index (χ4v) is 7.01. The van der Waals surface area contributed by atoms with Gasteiger partial charge in [-0.2, -0.15) is 0 Å². The van der Waals surface area contributed by atoms with Gasteiger partial charge >= 0.3 is 0 Å². The van der Waals surface area contributed by atoms with E-state index >= 15 is 0 Å². The average molecular weight is 363 g/mol. The van der Waals surface area contributed by atoms with Crippen LogP contribution < -0.4 is 0 Å². The molecule has 0 radical (unpaired) electrons. The highest BCUT2D eigenvalue weighted by Crippen LogP contribution is 2.66. The second-order valence-electron chi connectivity index (χ2n) is 9.54. The van der Waals surface area contributed by atoms with Crippen molar-refractivity contribution in [1.82, 2.24) is 0 Å². The van der Waals surface area contributed by atoms with E-state index in [9.17, 15) is 9.90 Å². The van der Waals surface area contributed by atoms with Gasteiger partial charge in [-0.15, -0.1) is 0 Å². The molecule has 3 saturated carbocycles. The van der Waals surface area contributed by atoms with Gasteiger partial charge in [0, 0.05) is 6.61 Å². The highest BCUT2D eigenvalue weighted by molar-refractivity contribution is 5.99. The van der Waals surface area contributed by atoms with E-state index in [1.54, 1.807) is 6.08 Å². The molecule has 26 heavy (non-hydrogen) atoms. The third-order valence-electron chi connectivity index (χ3n) is 8.64. The van der Waals surface area contributed by atoms with E-state index in [-0.39, 0.29) is 24.1 Å². The van der Waals surface area contributed by atoms with E-state index in [2.05, 4.69) is 19.9 Å². The third-order valence-corrected chi connectivity index (χ3v) is 8.64. The fourth-order valence-electron chi connectivity index (χ4n) is 7.01. The summed E-state index contributed by atoms with van der Waals surface area (Å²) in [5, 5.41) is 10.2. The van der Waals surface area contributed by atoms with Crippen LogP contribution in [0.25, 0.3) is 0 Å². The van der Waals surface area contributed by atoms with E-state index in [1.807, 2.05) is 6.92 Å². The van der Waals surface area contributed by atoms with Gasteiger partial charge in [-0.05, 0) is 94.1 Å². The number of ketones is 1. The molecule has 0 aliphatic heterocycles. The molecule has 0 heterocycles. The Hall–Kier alpha value is -0.710. The Balaban J connectivity index is 1.69. The molecule has 146 valence electrons. The van der Waals surface area contributed by atoms with Crippen molar-refractivity contribution in [3.8, 4) is 0 Å². The lowest BCUT2D eigenvalue weighted by atomic mass is 9.44. The molecule has 3 fully saturated rings. The number of aliphatic hydroxyl groups excluding tert-OH is 1. The van der Waals surface area contributed by atoms with Crippen LogP contribution in [0, 0.1) is 28.6 Å². The number of fused-ring (bicyclic) bond motifs is 5. The molecule has 4 nitrogen and oxygen atoms in total. The number of hydrogen-bond donors (Lipinski definition) is 1. The molecule has 0 bridgehead atoms. The highest BCUT2D eigenvalue weighted by Gasteiger charge is 2.67. The van der Waals surface area contributed by atoms with E-state index in [0.29, 0.717) is 24.4 Å². The Morgan fingerprint density at radius 2 is 1.96 bits per heavy atom. The van der Waals surface area contributed by atoms with Gasteiger partial charge in [0.1, 0.15) is 12.4 Å². The van der Waals surface area contributed by atoms with Gasteiger partial charge in [-0.1, -0.05) is 6.92 Å². The van der Waals surface area contributed by atoms with Gasteiger partial charge in [0.25, 0.3) is 0 Å². The minimum Gasteiger partial charge on any atom is -0.393 e. The minimum atomic E-state index is -0.522. The Morgan fingerprint density at radius 1 is 1.15 bits per heavy atom. The van der Waals surface area contributed by atoms with Gasteiger partial charge in [0.2, 0.25) is 0 Å². The van der Waals surface area contributed by atoms with Crippen molar-refractivity contribution in [1.29, 1.82) is 0 Å². The van der Waals surface area contributed by atoms with E-state index in [1.165, 1.54) is 0 Å². The second kappa shape index (κ2) is 6.42. The Morgan fingerprint density at radius 3 is 2.73 bits per heavy atom. The maximum atomic E-state index is 12.8. The molecule has 1 N–H and O–H groups in total. The molecule has 4 heteroatoms. The van der Waals surface area contributed by atoms with Crippen molar-refractivity contribution in [2.45, 2.75) is 77.4 Å². The molecule has 0 aromatic rings. The van der Waals surface area contributed by atoms with Crippen LogP contribution in [-0.2, 0) is 14.3 Å². The van der Waals surface area contributed by atoms with Gasteiger partial charge in [0.05, 0.1) is 11.5 Å². The molecular weight excluding hydrogens is 328 g/mol. The molecule has 0 saturated heterocycles. The number of carbonyl (C=O) groups excluding carboxylic acids is 1. The summed E-state index contributed by atoms with van der Waals surface area (Å²) in [5.74, 6) is 1.74. The monoisotopic (exact) mass is 362 g/mol. The fraction of sp³-hybridized carbons (Fsp3) is 0.864. The highest BCUT2D eigenvalue weighted by atomic mass is 16.7. The van der Waals surface area contributed by atoms with Crippen LogP contribution in [0.2, 0.25) is 0 Å². The van der Waals surface area contributed by atoms with Crippen LogP contribution in [-0.4, -0.2) is 36.0 Å². The number of ether oxygens (including phenoxy) is 2. The van der Waals surface area contributed by atoms with E-state index < -0.39 is 11.0 Å². The maximum Gasteiger partial charge on any atom is 0.164 e. The normalized spacial score (nSPS) is 50.2. The first-order valence-corrected chi connectivity index (χ1v) is 10.5. The topological polar surface area (TPSA) is 55.8 Å². The SMILES string of the molecule is CCOCO[C@@]12C=CC(=O)[C@@]1(C)CC[C@@H]1[C@H]2CCC2CC(O)CC[C@@]21C. The molecule has 4 aliphatic rings. The Kier molecular flexibility index (Phi) is 4.61. The standard InChI is InChI=1S/C22H34O4/c1-4-25-14-26-22-12-9-19(24)21(22,3)11-8-17-18(22)6-5-15-13-16(23)7-10-20(15,17)2/h9,12,15-18,23H,4-8,10-11,13-14H2,1-3H3/t15?,16?,17-,18-,20+,21-,22-/m1/s1. The van der Waals surface area contributed by atoms with Crippen LogP contribution in [0.3, 0.4) is 0 Å². The summed E-state index contributed by atoms with van der Waals surface area (Å²) < 4.78 is 12.0. The zero-order chi connectivity index (χ0) is 18.6. The maximum absolute atomic E-state index is 12.8. The second-order valence-corrected chi connectivity index (χ2v) is 9.54. The lowest BCUT2D eigenvalue weighted by molar-refractivity contribution is -0.235. The van der Waals surface area contributed by atoms with Gasteiger partial charge < -0.3 is 14.6 Å². The largest absolute Gasteiger partial charge is 0.393 e. The quantitative estimate of drug-likeness (QED) is 0.609. The first kappa shape index (κ1) is 18.6. The van der Waals surface area contributed by atoms with Crippen LogP contribution in [0.4, 0.5) is 0 Å². The molecule has 7 atom stereocenters. The summed E-state index contributed by atoms with van der Waals surface area (Å²) in [6, 6.07) is 0. The van der Waals surface area contributed by atoms with E-state index in [4.69, 9.17) is 9.47 Å². The van der Waals surface area contributed by atoms with Gasteiger partial charge in [0.15, 0.2) is 5.78 Å². The van der Waals surface area contributed by atoms with Crippen LogP contribution >= 0.6 is 0 Å². The van der Waals surface area contributed by atoms with Crippen LogP contribution in [0.5, 0.6) is 0 Å². The molecule has 0 aromatic carbocycles. The summed E-state index contributed by atoms with van der Waals surface area (Å²) in [4.78, 5) is 12.8.